The van der Waals surface area contributed by atoms with E-state index in [4.69, 9.17) is 4.74 Å². The summed E-state index contributed by atoms with van der Waals surface area (Å²) < 4.78 is 5.13. The molecule has 0 aliphatic heterocycles. The quantitative estimate of drug-likeness (QED) is 0.505. The van der Waals surface area contributed by atoms with Gasteiger partial charge in [-0.05, 0) is 17.7 Å². The first-order valence-corrected chi connectivity index (χ1v) is 6.60. The Hall–Kier alpha value is -3.02. The number of para-hydroxylation sites is 1. The van der Waals surface area contributed by atoms with Gasteiger partial charge in [-0.3, -0.25) is 4.79 Å². The number of amides is 1. The van der Waals surface area contributed by atoms with Gasteiger partial charge in [-0.1, -0.05) is 47.6 Å². The van der Waals surface area contributed by atoms with Gasteiger partial charge in [0.25, 0.3) is 5.91 Å². The Morgan fingerprint density at radius 1 is 1.09 bits per heavy atom. The smallest absolute Gasteiger partial charge is 0.275 e. The van der Waals surface area contributed by atoms with E-state index in [2.05, 4.69) is 15.7 Å². The SMILES string of the molecule is COc1ccccc1C(=O)NN=C(CN=O)c1ccccc1. The van der Waals surface area contributed by atoms with Gasteiger partial charge >= 0.3 is 0 Å². The Balaban J connectivity index is 2.20. The van der Waals surface area contributed by atoms with E-state index in [9.17, 15) is 9.70 Å². The highest BCUT2D eigenvalue weighted by molar-refractivity contribution is 6.04. The van der Waals surface area contributed by atoms with Gasteiger partial charge in [-0.2, -0.15) is 10.0 Å². The first-order valence-electron chi connectivity index (χ1n) is 6.60. The first kappa shape index (κ1) is 15.4. The Bertz CT molecular complexity index is 684. The van der Waals surface area contributed by atoms with Crippen molar-refractivity contribution in [3.05, 3.63) is 70.6 Å². The Morgan fingerprint density at radius 3 is 2.45 bits per heavy atom. The standard InChI is InChI=1S/C16H15N3O3/c1-22-15-10-6-5-9-13(15)16(20)19-18-14(11-17-21)12-7-3-2-4-8-12/h2-10H,11H2,1H3,(H,19,20). The van der Waals surface area contributed by atoms with Gasteiger partial charge in [-0.15, -0.1) is 0 Å². The maximum atomic E-state index is 12.2. The highest BCUT2D eigenvalue weighted by Crippen LogP contribution is 2.16. The molecule has 0 aromatic heterocycles. The second-order valence-corrected chi connectivity index (χ2v) is 4.35. The first-order chi connectivity index (χ1) is 10.8. The van der Waals surface area contributed by atoms with Crippen LogP contribution in [0.2, 0.25) is 0 Å². The van der Waals surface area contributed by atoms with E-state index in [1.165, 1.54) is 7.11 Å². The molecule has 1 N–H and O–H groups in total. The third kappa shape index (κ3) is 3.76. The topological polar surface area (TPSA) is 80.1 Å². The van der Waals surface area contributed by atoms with Crippen molar-refractivity contribution < 1.29 is 9.53 Å². The van der Waals surface area contributed by atoms with Crippen LogP contribution in [0.4, 0.5) is 0 Å². The molecule has 22 heavy (non-hydrogen) atoms. The summed E-state index contributed by atoms with van der Waals surface area (Å²) in [6, 6.07) is 15.9. The maximum absolute atomic E-state index is 12.2. The highest BCUT2D eigenvalue weighted by atomic mass is 16.5. The number of ether oxygens (including phenoxy) is 1. The summed E-state index contributed by atoms with van der Waals surface area (Å²) in [6.45, 7) is -0.129. The highest BCUT2D eigenvalue weighted by Gasteiger charge is 2.11. The molecular formula is C16H15N3O3. The van der Waals surface area contributed by atoms with Crippen molar-refractivity contribution >= 4 is 11.6 Å². The van der Waals surface area contributed by atoms with Crippen LogP contribution in [0.5, 0.6) is 5.75 Å². The average molecular weight is 297 g/mol. The molecule has 2 rings (SSSR count). The number of rotatable bonds is 6. The Morgan fingerprint density at radius 2 is 1.77 bits per heavy atom. The molecule has 0 aliphatic rings. The number of carbonyl (C=O) groups is 1. The molecule has 0 fully saturated rings. The second kappa shape index (κ2) is 7.68. The van der Waals surface area contributed by atoms with Gasteiger partial charge in [0.1, 0.15) is 12.3 Å². The van der Waals surface area contributed by atoms with E-state index in [1.54, 1.807) is 36.4 Å². The van der Waals surface area contributed by atoms with E-state index in [-0.39, 0.29) is 6.54 Å². The third-order valence-electron chi connectivity index (χ3n) is 2.97. The number of methoxy groups -OCH3 is 1. The predicted octanol–water partition coefficient (Wildman–Crippen LogP) is 2.60. The fourth-order valence-electron chi connectivity index (χ4n) is 1.89. The van der Waals surface area contributed by atoms with Crippen LogP contribution < -0.4 is 10.2 Å². The molecule has 0 radical (unpaired) electrons. The maximum Gasteiger partial charge on any atom is 0.275 e. The molecule has 2 aromatic carbocycles. The lowest BCUT2D eigenvalue weighted by Gasteiger charge is -2.07. The fraction of sp³-hybridized carbons (Fsp3) is 0.125. The largest absolute Gasteiger partial charge is 0.496 e. The number of hydrogen-bond acceptors (Lipinski definition) is 5. The van der Waals surface area contributed by atoms with E-state index in [0.29, 0.717) is 17.0 Å². The van der Waals surface area contributed by atoms with E-state index < -0.39 is 5.91 Å². The summed E-state index contributed by atoms with van der Waals surface area (Å²) in [5.74, 6) is 0.0294. The van der Waals surface area contributed by atoms with Crippen molar-refractivity contribution in [2.45, 2.75) is 0 Å². The molecule has 0 unspecified atom stereocenters. The summed E-state index contributed by atoms with van der Waals surface area (Å²) in [5.41, 5.74) is 3.90. The van der Waals surface area contributed by atoms with Gasteiger partial charge in [-0.25, -0.2) is 5.43 Å². The molecule has 6 nitrogen and oxygen atoms in total. The molecule has 0 atom stereocenters. The minimum Gasteiger partial charge on any atom is -0.496 e. The lowest BCUT2D eigenvalue weighted by molar-refractivity contribution is 0.0952. The summed E-state index contributed by atoms with van der Waals surface area (Å²) in [7, 11) is 1.49. The van der Waals surface area contributed by atoms with Crippen molar-refractivity contribution in [3.8, 4) is 5.75 Å². The van der Waals surface area contributed by atoms with Crippen molar-refractivity contribution in [1.29, 1.82) is 0 Å². The molecule has 0 heterocycles. The van der Waals surface area contributed by atoms with Crippen LogP contribution in [0.3, 0.4) is 0 Å². The van der Waals surface area contributed by atoms with Crippen LogP contribution >= 0.6 is 0 Å². The number of nitrogens with zero attached hydrogens (tertiary/aromatic N) is 2. The van der Waals surface area contributed by atoms with Gasteiger partial charge in [0.15, 0.2) is 0 Å². The van der Waals surface area contributed by atoms with Crippen molar-refractivity contribution in [1.82, 2.24) is 5.43 Å². The molecule has 0 spiro atoms. The van der Waals surface area contributed by atoms with Gasteiger partial charge in [0.05, 0.1) is 18.4 Å². The second-order valence-electron chi connectivity index (χ2n) is 4.35. The van der Waals surface area contributed by atoms with Crippen molar-refractivity contribution in [2.24, 2.45) is 10.3 Å². The Labute approximate surface area is 127 Å². The van der Waals surface area contributed by atoms with E-state index in [0.717, 1.165) is 5.56 Å². The average Bonchev–Trinajstić information content (AvgIpc) is 2.59. The zero-order chi connectivity index (χ0) is 15.8. The zero-order valence-corrected chi connectivity index (χ0v) is 12.0. The molecule has 0 saturated heterocycles. The molecular weight excluding hydrogens is 282 g/mol. The van der Waals surface area contributed by atoms with Crippen LogP contribution in [-0.4, -0.2) is 25.3 Å². The monoisotopic (exact) mass is 297 g/mol. The number of benzene rings is 2. The van der Waals surface area contributed by atoms with Gasteiger partial charge in [0, 0.05) is 0 Å². The normalized spacial score (nSPS) is 10.9. The van der Waals surface area contributed by atoms with Crippen molar-refractivity contribution in [2.75, 3.05) is 13.7 Å². The van der Waals surface area contributed by atoms with Crippen LogP contribution in [0.25, 0.3) is 0 Å². The lowest BCUT2D eigenvalue weighted by Crippen LogP contribution is -2.21. The molecule has 0 aliphatic carbocycles. The molecule has 2 aromatic rings. The number of nitroso groups, excluding NO2 is 1. The summed E-state index contributed by atoms with van der Waals surface area (Å²) in [5, 5.41) is 6.84. The van der Waals surface area contributed by atoms with Gasteiger partial charge < -0.3 is 4.74 Å². The minimum absolute atomic E-state index is 0.129. The van der Waals surface area contributed by atoms with E-state index >= 15 is 0 Å². The molecule has 0 saturated carbocycles. The van der Waals surface area contributed by atoms with Crippen molar-refractivity contribution in [3.63, 3.8) is 0 Å². The zero-order valence-electron chi connectivity index (χ0n) is 12.0. The van der Waals surface area contributed by atoms with Crippen LogP contribution in [0.15, 0.2) is 64.9 Å². The Kier molecular flexibility index (Phi) is 5.37. The summed E-state index contributed by atoms with van der Waals surface area (Å²) >= 11 is 0. The number of hydrazone groups is 1. The van der Waals surface area contributed by atoms with E-state index in [1.807, 2.05) is 18.2 Å². The molecule has 1 amide bonds. The van der Waals surface area contributed by atoms with Crippen LogP contribution in [0.1, 0.15) is 15.9 Å². The van der Waals surface area contributed by atoms with Crippen LogP contribution in [-0.2, 0) is 0 Å². The molecule has 6 heteroatoms. The molecule has 0 bridgehead atoms. The summed E-state index contributed by atoms with van der Waals surface area (Å²) in [6.07, 6.45) is 0. The van der Waals surface area contributed by atoms with Gasteiger partial charge in [0.2, 0.25) is 0 Å². The fourth-order valence-corrected chi connectivity index (χ4v) is 1.89. The minimum atomic E-state index is -0.420. The number of hydrogen-bond donors (Lipinski definition) is 1. The molecule has 112 valence electrons. The lowest BCUT2D eigenvalue weighted by atomic mass is 10.1. The van der Waals surface area contributed by atoms with Crippen LogP contribution in [0, 0.1) is 4.91 Å². The third-order valence-corrected chi connectivity index (χ3v) is 2.97. The number of nitrogens with one attached hydrogen (secondary N) is 1. The predicted molar refractivity (Wildman–Crippen MR) is 84.1 cm³/mol. The summed E-state index contributed by atoms with van der Waals surface area (Å²) in [4.78, 5) is 22.7. The number of carbonyl (C=O) groups excluding carboxylic acids is 1.